The highest BCUT2D eigenvalue weighted by atomic mass is 16.5. The molecular formula is C17H28N2O2. The SMILES string of the molecule is CCC1COC(C)CN1CC(O)C(N)Cc1ccccc1. The number of nitrogens with zero attached hydrogens (tertiary/aromatic N) is 1. The molecule has 0 amide bonds. The first-order chi connectivity index (χ1) is 10.1. The van der Waals surface area contributed by atoms with Crippen LogP contribution in [0.25, 0.3) is 0 Å². The number of aliphatic hydroxyl groups excluding tert-OH is 1. The lowest BCUT2D eigenvalue weighted by atomic mass is 10.0. The second kappa shape index (κ2) is 7.90. The summed E-state index contributed by atoms with van der Waals surface area (Å²) in [5.74, 6) is 0. The molecule has 0 saturated carbocycles. The predicted octanol–water partition coefficient (Wildman–Crippen LogP) is 1.42. The number of ether oxygens (including phenoxy) is 1. The predicted molar refractivity (Wildman–Crippen MR) is 85.2 cm³/mol. The van der Waals surface area contributed by atoms with E-state index in [2.05, 4.69) is 30.9 Å². The van der Waals surface area contributed by atoms with Crippen LogP contribution in [0.3, 0.4) is 0 Å². The molecule has 4 nitrogen and oxygen atoms in total. The number of morpholine rings is 1. The molecule has 118 valence electrons. The number of benzene rings is 1. The fourth-order valence-electron chi connectivity index (χ4n) is 2.91. The number of aliphatic hydroxyl groups is 1. The Balaban J connectivity index is 1.88. The lowest BCUT2D eigenvalue weighted by Gasteiger charge is -2.40. The molecule has 1 aromatic carbocycles. The number of rotatable bonds is 6. The zero-order chi connectivity index (χ0) is 15.2. The molecule has 0 radical (unpaired) electrons. The summed E-state index contributed by atoms with van der Waals surface area (Å²) in [6.07, 6.45) is 1.46. The van der Waals surface area contributed by atoms with E-state index in [1.807, 2.05) is 18.2 Å². The van der Waals surface area contributed by atoms with Gasteiger partial charge in [-0.2, -0.15) is 0 Å². The molecule has 1 aliphatic rings. The average molecular weight is 292 g/mol. The minimum Gasteiger partial charge on any atom is -0.390 e. The van der Waals surface area contributed by atoms with Crippen LogP contribution in [0.5, 0.6) is 0 Å². The zero-order valence-electron chi connectivity index (χ0n) is 13.1. The fraction of sp³-hybridized carbons (Fsp3) is 0.647. The van der Waals surface area contributed by atoms with Gasteiger partial charge in [0.25, 0.3) is 0 Å². The van der Waals surface area contributed by atoms with Crippen molar-refractivity contribution in [3.63, 3.8) is 0 Å². The van der Waals surface area contributed by atoms with E-state index in [0.29, 0.717) is 19.0 Å². The Hall–Kier alpha value is -0.940. The molecule has 0 aliphatic carbocycles. The normalized spacial score (nSPS) is 26.5. The van der Waals surface area contributed by atoms with Crippen molar-refractivity contribution in [2.24, 2.45) is 5.73 Å². The maximum atomic E-state index is 10.4. The molecule has 1 saturated heterocycles. The van der Waals surface area contributed by atoms with Crippen LogP contribution >= 0.6 is 0 Å². The van der Waals surface area contributed by atoms with Crippen molar-refractivity contribution in [3.05, 3.63) is 35.9 Å². The molecule has 0 bridgehead atoms. The largest absolute Gasteiger partial charge is 0.390 e. The lowest BCUT2D eigenvalue weighted by Crippen LogP contribution is -2.54. The Morgan fingerprint density at radius 3 is 2.76 bits per heavy atom. The van der Waals surface area contributed by atoms with E-state index in [4.69, 9.17) is 10.5 Å². The maximum absolute atomic E-state index is 10.4. The van der Waals surface area contributed by atoms with E-state index in [0.717, 1.165) is 19.6 Å². The van der Waals surface area contributed by atoms with Gasteiger partial charge in [-0.1, -0.05) is 37.3 Å². The third kappa shape index (κ3) is 4.78. The van der Waals surface area contributed by atoms with Crippen LogP contribution in [0.1, 0.15) is 25.8 Å². The molecule has 2 rings (SSSR count). The van der Waals surface area contributed by atoms with Crippen LogP contribution in [0.15, 0.2) is 30.3 Å². The van der Waals surface area contributed by atoms with Gasteiger partial charge in [-0.15, -0.1) is 0 Å². The summed E-state index contributed by atoms with van der Waals surface area (Å²) in [7, 11) is 0. The van der Waals surface area contributed by atoms with Gasteiger partial charge in [-0.25, -0.2) is 0 Å². The zero-order valence-corrected chi connectivity index (χ0v) is 13.1. The van der Waals surface area contributed by atoms with Gasteiger partial charge in [0.15, 0.2) is 0 Å². The molecule has 3 N–H and O–H groups in total. The van der Waals surface area contributed by atoms with E-state index in [1.54, 1.807) is 0 Å². The minimum absolute atomic E-state index is 0.227. The smallest absolute Gasteiger partial charge is 0.0821 e. The molecule has 1 heterocycles. The first kappa shape index (κ1) is 16.4. The number of hydrogen-bond acceptors (Lipinski definition) is 4. The molecule has 1 aromatic rings. The molecule has 21 heavy (non-hydrogen) atoms. The van der Waals surface area contributed by atoms with E-state index in [-0.39, 0.29) is 12.1 Å². The average Bonchev–Trinajstić information content (AvgIpc) is 2.48. The van der Waals surface area contributed by atoms with Gasteiger partial charge < -0.3 is 15.6 Å². The quantitative estimate of drug-likeness (QED) is 0.832. The third-order valence-electron chi connectivity index (χ3n) is 4.28. The van der Waals surface area contributed by atoms with Crippen LogP contribution in [-0.4, -0.2) is 54.0 Å². The fourth-order valence-corrected chi connectivity index (χ4v) is 2.91. The summed E-state index contributed by atoms with van der Waals surface area (Å²) in [6, 6.07) is 10.3. The van der Waals surface area contributed by atoms with E-state index < -0.39 is 6.10 Å². The molecule has 1 fully saturated rings. The standard InChI is InChI=1S/C17H28N2O2/c1-3-15-12-21-13(2)10-19(15)11-17(20)16(18)9-14-7-5-4-6-8-14/h4-8,13,15-17,20H,3,9-12,18H2,1-2H3. The second-order valence-electron chi connectivity index (χ2n) is 6.08. The molecule has 4 atom stereocenters. The van der Waals surface area contributed by atoms with Gasteiger partial charge in [0.2, 0.25) is 0 Å². The van der Waals surface area contributed by atoms with Gasteiger partial charge in [0, 0.05) is 25.2 Å². The molecule has 4 heteroatoms. The van der Waals surface area contributed by atoms with Gasteiger partial charge in [-0.3, -0.25) is 4.90 Å². The third-order valence-corrected chi connectivity index (χ3v) is 4.28. The minimum atomic E-state index is -0.510. The van der Waals surface area contributed by atoms with E-state index in [9.17, 15) is 5.11 Å². The van der Waals surface area contributed by atoms with Gasteiger partial charge in [-0.05, 0) is 25.3 Å². The number of nitrogens with two attached hydrogens (primary N) is 1. The summed E-state index contributed by atoms with van der Waals surface area (Å²) < 4.78 is 5.69. The maximum Gasteiger partial charge on any atom is 0.0821 e. The van der Waals surface area contributed by atoms with Crippen molar-refractivity contribution in [1.82, 2.24) is 4.90 Å². The van der Waals surface area contributed by atoms with Crippen molar-refractivity contribution >= 4 is 0 Å². The summed E-state index contributed by atoms with van der Waals surface area (Å²) in [4.78, 5) is 2.32. The van der Waals surface area contributed by atoms with Gasteiger partial charge >= 0.3 is 0 Å². The summed E-state index contributed by atoms with van der Waals surface area (Å²) in [5, 5.41) is 10.4. The summed E-state index contributed by atoms with van der Waals surface area (Å²) in [6.45, 7) is 6.48. The Bertz CT molecular complexity index is 413. The Morgan fingerprint density at radius 1 is 1.38 bits per heavy atom. The second-order valence-corrected chi connectivity index (χ2v) is 6.08. The molecule has 0 spiro atoms. The van der Waals surface area contributed by atoms with Crippen LogP contribution in [0.2, 0.25) is 0 Å². The van der Waals surface area contributed by atoms with Crippen LogP contribution in [0, 0.1) is 0 Å². The van der Waals surface area contributed by atoms with Crippen LogP contribution < -0.4 is 5.73 Å². The summed E-state index contributed by atoms with van der Waals surface area (Å²) >= 11 is 0. The van der Waals surface area contributed by atoms with Crippen molar-refractivity contribution in [1.29, 1.82) is 0 Å². The number of hydrogen-bond donors (Lipinski definition) is 2. The number of β-amino-alcohol motifs (C(OH)–C–C–N with tert-alkyl or cyclic N) is 1. The first-order valence-corrected chi connectivity index (χ1v) is 7.93. The first-order valence-electron chi connectivity index (χ1n) is 7.93. The van der Waals surface area contributed by atoms with Crippen LogP contribution in [-0.2, 0) is 11.2 Å². The Morgan fingerprint density at radius 2 is 2.10 bits per heavy atom. The summed E-state index contributed by atoms with van der Waals surface area (Å²) in [5.41, 5.74) is 7.35. The highest BCUT2D eigenvalue weighted by Crippen LogP contribution is 2.16. The van der Waals surface area contributed by atoms with Crippen molar-refractivity contribution in [2.75, 3.05) is 19.7 Å². The van der Waals surface area contributed by atoms with Gasteiger partial charge in [0.1, 0.15) is 0 Å². The van der Waals surface area contributed by atoms with Crippen molar-refractivity contribution < 1.29 is 9.84 Å². The molecule has 1 aliphatic heterocycles. The monoisotopic (exact) mass is 292 g/mol. The molecular weight excluding hydrogens is 264 g/mol. The molecule has 0 aromatic heterocycles. The topological polar surface area (TPSA) is 58.7 Å². The Kier molecular flexibility index (Phi) is 6.18. The van der Waals surface area contributed by atoms with Crippen LogP contribution in [0.4, 0.5) is 0 Å². The molecule has 4 unspecified atom stereocenters. The lowest BCUT2D eigenvalue weighted by molar-refractivity contribution is -0.0697. The van der Waals surface area contributed by atoms with Crippen molar-refractivity contribution in [3.8, 4) is 0 Å². The van der Waals surface area contributed by atoms with E-state index in [1.165, 1.54) is 5.56 Å². The van der Waals surface area contributed by atoms with Gasteiger partial charge in [0.05, 0.1) is 18.8 Å². The highest BCUT2D eigenvalue weighted by molar-refractivity contribution is 5.16. The van der Waals surface area contributed by atoms with Crippen molar-refractivity contribution in [2.45, 2.75) is 51.0 Å². The van der Waals surface area contributed by atoms with E-state index >= 15 is 0 Å². The Labute approximate surface area is 127 Å². The highest BCUT2D eigenvalue weighted by Gasteiger charge is 2.28.